The summed E-state index contributed by atoms with van der Waals surface area (Å²) in [5.41, 5.74) is 6.96. The topological polar surface area (TPSA) is 101 Å². The molecule has 0 radical (unpaired) electrons. The highest BCUT2D eigenvalue weighted by Crippen LogP contribution is 2.33. The quantitative estimate of drug-likeness (QED) is 0.408. The molecular formula is C25H22F2N4O3. The summed E-state index contributed by atoms with van der Waals surface area (Å²) in [6.45, 7) is 1.36. The number of nitrogens with one attached hydrogen (secondary N) is 1. The average molecular weight is 464 g/mol. The number of hydrogen-bond donors (Lipinski definition) is 2. The first-order chi connectivity index (χ1) is 16.3. The SMILES string of the molecule is CN(CCc1ccccn1)Cc1cccc(C(=O)Nc2c(C(N)=O)oc3c(F)cc(F)cc23)c1. The van der Waals surface area contributed by atoms with Gasteiger partial charge in [0.05, 0.1) is 5.39 Å². The van der Waals surface area contributed by atoms with Crippen LogP contribution in [0.25, 0.3) is 11.0 Å². The largest absolute Gasteiger partial charge is 0.446 e. The number of furan rings is 1. The Morgan fingerprint density at radius 3 is 2.68 bits per heavy atom. The highest BCUT2D eigenvalue weighted by atomic mass is 19.1. The number of fused-ring (bicyclic) bond motifs is 1. The predicted octanol–water partition coefficient (Wildman–Crippen LogP) is 4.13. The first kappa shape index (κ1) is 23.1. The maximum Gasteiger partial charge on any atom is 0.286 e. The molecule has 2 heterocycles. The van der Waals surface area contributed by atoms with Crippen molar-refractivity contribution in [2.24, 2.45) is 5.73 Å². The Bertz CT molecular complexity index is 1360. The van der Waals surface area contributed by atoms with Crippen molar-refractivity contribution in [1.29, 1.82) is 0 Å². The summed E-state index contributed by atoms with van der Waals surface area (Å²) in [5.74, 6) is -3.94. The third-order valence-electron chi connectivity index (χ3n) is 5.29. The van der Waals surface area contributed by atoms with E-state index in [1.54, 1.807) is 24.4 Å². The first-order valence-corrected chi connectivity index (χ1v) is 10.5. The van der Waals surface area contributed by atoms with Gasteiger partial charge in [0.25, 0.3) is 11.8 Å². The number of nitrogens with zero attached hydrogens (tertiary/aromatic N) is 2. The first-order valence-electron chi connectivity index (χ1n) is 10.5. The van der Waals surface area contributed by atoms with Crippen molar-refractivity contribution in [2.45, 2.75) is 13.0 Å². The Balaban J connectivity index is 1.51. The summed E-state index contributed by atoms with van der Waals surface area (Å²) in [5, 5.41) is 2.43. The van der Waals surface area contributed by atoms with Crippen LogP contribution in [0.3, 0.4) is 0 Å². The van der Waals surface area contributed by atoms with Gasteiger partial charge in [0, 0.05) is 43.0 Å². The molecule has 3 N–H and O–H groups in total. The molecule has 7 nitrogen and oxygen atoms in total. The molecule has 4 aromatic rings. The van der Waals surface area contributed by atoms with Crippen LogP contribution in [0.4, 0.5) is 14.5 Å². The van der Waals surface area contributed by atoms with E-state index in [2.05, 4.69) is 15.2 Å². The van der Waals surface area contributed by atoms with Crippen molar-refractivity contribution in [1.82, 2.24) is 9.88 Å². The summed E-state index contributed by atoms with van der Waals surface area (Å²) in [7, 11) is 1.97. The molecule has 0 atom stereocenters. The van der Waals surface area contributed by atoms with Crippen LogP contribution in [-0.2, 0) is 13.0 Å². The minimum absolute atomic E-state index is 0.0925. The number of anilines is 1. The molecule has 4 rings (SSSR count). The fourth-order valence-electron chi connectivity index (χ4n) is 3.66. The predicted molar refractivity (Wildman–Crippen MR) is 123 cm³/mol. The van der Waals surface area contributed by atoms with Gasteiger partial charge in [-0.2, -0.15) is 0 Å². The van der Waals surface area contributed by atoms with Gasteiger partial charge in [0.2, 0.25) is 5.76 Å². The maximum absolute atomic E-state index is 14.1. The van der Waals surface area contributed by atoms with Gasteiger partial charge in [-0.25, -0.2) is 8.78 Å². The number of carbonyl (C=O) groups is 2. The van der Waals surface area contributed by atoms with Crippen LogP contribution in [0.5, 0.6) is 0 Å². The molecule has 174 valence electrons. The molecule has 2 aromatic heterocycles. The lowest BCUT2D eigenvalue weighted by Gasteiger charge is -2.17. The number of rotatable bonds is 8. The van der Waals surface area contributed by atoms with E-state index in [0.29, 0.717) is 18.2 Å². The van der Waals surface area contributed by atoms with E-state index in [1.807, 2.05) is 31.3 Å². The second kappa shape index (κ2) is 9.80. The van der Waals surface area contributed by atoms with E-state index < -0.39 is 29.2 Å². The van der Waals surface area contributed by atoms with E-state index in [9.17, 15) is 18.4 Å². The van der Waals surface area contributed by atoms with Gasteiger partial charge < -0.3 is 20.4 Å². The smallest absolute Gasteiger partial charge is 0.286 e. The Labute approximate surface area is 194 Å². The molecule has 34 heavy (non-hydrogen) atoms. The number of primary amides is 1. The number of likely N-dealkylation sites (N-methyl/N-ethyl adjacent to an activating group) is 1. The molecule has 0 aliphatic carbocycles. The molecule has 9 heteroatoms. The normalized spacial score (nSPS) is 11.2. The Morgan fingerprint density at radius 2 is 1.94 bits per heavy atom. The molecule has 2 aromatic carbocycles. The zero-order valence-electron chi connectivity index (χ0n) is 18.3. The van der Waals surface area contributed by atoms with Crippen molar-refractivity contribution in [2.75, 3.05) is 18.9 Å². The number of benzene rings is 2. The summed E-state index contributed by atoms with van der Waals surface area (Å²) in [6, 6.07) is 14.3. The molecule has 0 aliphatic rings. The average Bonchev–Trinajstić information content (AvgIpc) is 3.17. The van der Waals surface area contributed by atoms with Crippen molar-refractivity contribution in [3.05, 3.63) is 95.0 Å². The van der Waals surface area contributed by atoms with Crippen LogP contribution in [0, 0.1) is 11.6 Å². The van der Waals surface area contributed by atoms with E-state index in [0.717, 1.165) is 30.3 Å². The Kier molecular flexibility index (Phi) is 6.65. The molecule has 0 unspecified atom stereocenters. The Hall–Kier alpha value is -4.11. The van der Waals surface area contributed by atoms with Gasteiger partial charge >= 0.3 is 0 Å². The number of aromatic nitrogens is 1. The minimum Gasteiger partial charge on any atom is -0.446 e. The van der Waals surface area contributed by atoms with Gasteiger partial charge in [0.1, 0.15) is 11.5 Å². The van der Waals surface area contributed by atoms with Crippen molar-refractivity contribution < 1.29 is 22.8 Å². The van der Waals surface area contributed by atoms with Gasteiger partial charge in [0.15, 0.2) is 11.4 Å². The minimum atomic E-state index is -1.02. The highest BCUT2D eigenvalue weighted by Gasteiger charge is 2.24. The monoisotopic (exact) mass is 464 g/mol. The fraction of sp³-hybridized carbons (Fsp3) is 0.160. The number of hydrogen-bond acceptors (Lipinski definition) is 5. The van der Waals surface area contributed by atoms with E-state index in [4.69, 9.17) is 10.2 Å². The van der Waals surface area contributed by atoms with Crippen LogP contribution >= 0.6 is 0 Å². The van der Waals surface area contributed by atoms with E-state index in [1.165, 1.54) is 0 Å². The highest BCUT2D eigenvalue weighted by molar-refractivity contribution is 6.14. The lowest BCUT2D eigenvalue weighted by atomic mass is 10.1. The summed E-state index contributed by atoms with van der Waals surface area (Å²) < 4.78 is 33.1. The standard InChI is InChI=1S/C25H22F2N4O3/c1-31(10-8-18-7-2-3-9-29-18)14-15-5-4-6-16(11-15)25(33)30-21-19-12-17(26)13-20(27)22(19)34-23(21)24(28)32/h2-7,9,11-13H,8,10,14H2,1H3,(H2,28,32)(H,30,33). The van der Waals surface area contributed by atoms with Crippen LogP contribution in [-0.4, -0.2) is 35.3 Å². The molecule has 0 saturated carbocycles. The lowest BCUT2D eigenvalue weighted by Crippen LogP contribution is -2.21. The number of amides is 2. The molecule has 0 aliphatic heterocycles. The summed E-state index contributed by atoms with van der Waals surface area (Å²) in [6.07, 6.45) is 2.54. The van der Waals surface area contributed by atoms with E-state index >= 15 is 0 Å². The van der Waals surface area contributed by atoms with Crippen molar-refractivity contribution >= 4 is 28.5 Å². The maximum atomic E-state index is 14.1. The molecule has 0 fully saturated rings. The molecule has 0 bridgehead atoms. The number of carbonyl (C=O) groups excluding carboxylic acids is 2. The molecule has 0 saturated heterocycles. The molecule has 2 amide bonds. The number of pyridine rings is 1. The number of halogens is 2. The van der Waals surface area contributed by atoms with Crippen LogP contribution in [0.15, 0.2) is 65.2 Å². The van der Waals surface area contributed by atoms with Gasteiger partial charge in [-0.3, -0.25) is 14.6 Å². The Morgan fingerprint density at radius 1 is 1.12 bits per heavy atom. The summed E-state index contributed by atoms with van der Waals surface area (Å²) >= 11 is 0. The second-order valence-corrected chi connectivity index (χ2v) is 7.90. The van der Waals surface area contributed by atoms with Gasteiger partial charge in [-0.15, -0.1) is 0 Å². The third-order valence-corrected chi connectivity index (χ3v) is 5.29. The van der Waals surface area contributed by atoms with Crippen molar-refractivity contribution in [3.63, 3.8) is 0 Å². The lowest BCUT2D eigenvalue weighted by molar-refractivity contribution is 0.0977. The second-order valence-electron chi connectivity index (χ2n) is 7.90. The van der Waals surface area contributed by atoms with Crippen LogP contribution in [0.1, 0.15) is 32.2 Å². The van der Waals surface area contributed by atoms with Crippen LogP contribution < -0.4 is 11.1 Å². The van der Waals surface area contributed by atoms with Gasteiger partial charge in [-0.1, -0.05) is 18.2 Å². The zero-order chi connectivity index (χ0) is 24.2. The fourth-order valence-corrected chi connectivity index (χ4v) is 3.66. The number of nitrogens with two attached hydrogens (primary N) is 1. The van der Waals surface area contributed by atoms with Crippen LogP contribution in [0.2, 0.25) is 0 Å². The zero-order valence-corrected chi connectivity index (χ0v) is 18.3. The van der Waals surface area contributed by atoms with E-state index in [-0.39, 0.29) is 16.7 Å². The summed E-state index contributed by atoms with van der Waals surface area (Å²) in [4.78, 5) is 31.1. The molecule has 0 spiro atoms. The molecular weight excluding hydrogens is 442 g/mol. The van der Waals surface area contributed by atoms with Gasteiger partial charge in [-0.05, 0) is 42.9 Å². The third kappa shape index (κ3) is 5.10. The van der Waals surface area contributed by atoms with Crippen molar-refractivity contribution in [3.8, 4) is 0 Å².